The highest BCUT2D eigenvalue weighted by atomic mass is 32.2. The van der Waals surface area contributed by atoms with Crippen LogP contribution in [0.15, 0.2) is 42.5 Å². The summed E-state index contributed by atoms with van der Waals surface area (Å²) < 4.78 is 25.5. The third-order valence-electron chi connectivity index (χ3n) is 5.60. The summed E-state index contributed by atoms with van der Waals surface area (Å²) in [6.07, 6.45) is 4.86. The number of hydrogen-bond donors (Lipinski definition) is 1. The number of nitrogens with one attached hydrogen (secondary N) is 1. The van der Waals surface area contributed by atoms with E-state index >= 15 is 0 Å². The smallest absolute Gasteiger partial charge is 0.257 e. The van der Waals surface area contributed by atoms with Crippen LogP contribution >= 0.6 is 11.3 Å². The van der Waals surface area contributed by atoms with Gasteiger partial charge in [-0.3, -0.25) is 14.4 Å². The number of aromatic nitrogens is 1. The van der Waals surface area contributed by atoms with Gasteiger partial charge < -0.3 is 0 Å². The summed E-state index contributed by atoms with van der Waals surface area (Å²) in [5, 5.41) is 3.46. The molecule has 2 heterocycles. The minimum Gasteiger partial charge on any atom is -0.298 e. The Balaban J connectivity index is 1.53. The number of carbonyl (C=O) groups excluding carboxylic acids is 1. The van der Waals surface area contributed by atoms with E-state index in [1.54, 1.807) is 18.2 Å². The molecule has 0 atom stereocenters. The Bertz CT molecular complexity index is 1250. The average molecular weight is 470 g/mol. The quantitative estimate of drug-likeness (QED) is 0.549. The van der Waals surface area contributed by atoms with Gasteiger partial charge in [0.2, 0.25) is 10.0 Å². The molecule has 6 nitrogen and oxygen atoms in total. The summed E-state index contributed by atoms with van der Waals surface area (Å²) >= 11 is 1.45. The van der Waals surface area contributed by atoms with E-state index in [9.17, 15) is 13.2 Å². The predicted molar refractivity (Wildman–Crippen MR) is 131 cm³/mol. The summed E-state index contributed by atoms with van der Waals surface area (Å²) in [7, 11) is -3.33. The molecule has 0 aliphatic carbocycles. The Morgan fingerprint density at radius 1 is 1.19 bits per heavy atom. The molecule has 1 N–H and O–H groups in total. The van der Waals surface area contributed by atoms with Crippen molar-refractivity contribution in [2.75, 3.05) is 22.4 Å². The van der Waals surface area contributed by atoms with E-state index in [1.807, 2.05) is 6.92 Å². The minimum absolute atomic E-state index is 0.247. The summed E-state index contributed by atoms with van der Waals surface area (Å²) in [6.45, 7) is 4.64. The molecule has 1 aliphatic rings. The van der Waals surface area contributed by atoms with Crippen LogP contribution in [0.5, 0.6) is 0 Å². The molecule has 8 heteroatoms. The fraction of sp³-hybridized carbons (Fsp3) is 0.333. The third-order valence-corrected chi connectivity index (χ3v) is 7.67. The van der Waals surface area contributed by atoms with Gasteiger partial charge in [-0.05, 0) is 55.5 Å². The van der Waals surface area contributed by atoms with Gasteiger partial charge in [0.15, 0.2) is 5.13 Å². The second-order valence-electron chi connectivity index (χ2n) is 8.11. The number of sulfonamides is 1. The van der Waals surface area contributed by atoms with E-state index in [1.165, 1.54) is 27.5 Å². The predicted octanol–water partition coefficient (Wildman–Crippen LogP) is 5.04. The summed E-state index contributed by atoms with van der Waals surface area (Å²) in [5.74, 6) is -0.247. The SMILES string of the molecule is CCCc1ccc(-c2nc(NC(=O)c3ccc4c(c3)CCCN4S(C)(=O)=O)sc2C)cc1. The second-order valence-corrected chi connectivity index (χ2v) is 11.2. The molecule has 0 saturated heterocycles. The number of aryl methyl sites for hydroxylation is 3. The molecule has 1 aromatic heterocycles. The van der Waals surface area contributed by atoms with E-state index in [-0.39, 0.29) is 5.91 Å². The third kappa shape index (κ3) is 4.71. The Morgan fingerprint density at radius 2 is 1.94 bits per heavy atom. The van der Waals surface area contributed by atoms with Crippen molar-refractivity contribution in [1.82, 2.24) is 4.98 Å². The molecule has 168 valence electrons. The van der Waals surface area contributed by atoms with Crippen LogP contribution in [0.2, 0.25) is 0 Å². The van der Waals surface area contributed by atoms with Crippen molar-refractivity contribution in [3.8, 4) is 11.3 Å². The fourth-order valence-corrected chi connectivity index (χ4v) is 5.88. The first-order chi connectivity index (χ1) is 15.3. The first kappa shape index (κ1) is 22.5. The van der Waals surface area contributed by atoms with Crippen LogP contribution < -0.4 is 9.62 Å². The molecule has 2 aromatic carbocycles. The van der Waals surface area contributed by atoms with Crippen LogP contribution in [0.3, 0.4) is 0 Å². The lowest BCUT2D eigenvalue weighted by atomic mass is 10.0. The van der Waals surface area contributed by atoms with Crippen molar-refractivity contribution >= 4 is 38.1 Å². The van der Waals surface area contributed by atoms with Gasteiger partial charge in [-0.15, -0.1) is 11.3 Å². The van der Waals surface area contributed by atoms with Crippen LogP contribution in [0.1, 0.15) is 46.1 Å². The first-order valence-corrected chi connectivity index (χ1v) is 13.4. The molecule has 1 amide bonds. The number of thiazole rings is 1. The molecular weight excluding hydrogens is 442 g/mol. The molecule has 0 saturated carbocycles. The lowest BCUT2D eigenvalue weighted by Gasteiger charge is -2.29. The van der Waals surface area contributed by atoms with Crippen LogP contribution in [-0.2, 0) is 22.9 Å². The van der Waals surface area contributed by atoms with Crippen LogP contribution in [0.25, 0.3) is 11.3 Å². The molecule has 1 aliphatic heterocycles. The fourth-order valence-electron chi connectivity index (χ4n) is 4.05. The topological polar surface area (TPSA) is 79.4 Å². The number of rotatable bonds is 6. The zero-order valence-electron chi connectivity index (χ0n) is 18.5. The number of benzene rings is 2. The zero-order valence-corrected chi connectivity index (χ0v) is 20.1. The van der Waals surface area contributed by atoms with Gasteiger partial charge in [0.05, 0.1) is 17.6 Å². The minimum atomic E-state index is -3.33. The van der Waals surface area contributed by atoms with E-state index in [0.29, 0.717) is 22.9 Å². The van der Waals surface area contributed by atoms with Crippen molar-refractivity contribution < 1.29 is 13.2 Å². The maximum atomic E-state index is 12.9. The molecule has 0 fully saturated rings. The van der Waals surface area contributed by atoms with Crippen molar-refractivity contribution in [3.63, 3.8) is 0 Å². The highest BCUT2D eigenvalue weighted by Crippen LogP contribution is 2.32. The number of anilines is 2. The highest BCUT2D eigenvalue weighted by Gasteiger charge is 2.25. The number of hydrogen-bond acceptors (Lipinski definition) is 5. The van der Waals surface area contributed by atoms with Gasteiger partial charge in [0.1, 0.15) is 0 Å². The molecule has 4 rings (SSSR count). The van der Waals surface area contributed by atoms with Crippen molar-refractivity contribution in [3.05, 3.63) is 64.0 Å². The normalized spacial score (nSPS) is 13.7. The van der Waals surface area contributed by atoms with E-state index < -0.39 is 10.0 Å². The Morgan fingerprint density at radius 3 is 2.62 bits per heavy atom. The second kappa shape index (κ2) is 9.03. The standard InChI is InChI=1S/C24H27N3O3S2/c1-4-6-17-8-10-18(11-9-17)22-16(2)31-24(25-22)26-23(28)20-12-13-21-19(15-20)7-5-14-27(21)32(3,29)30/h8-13,15H,4-7,14H2,1-3H3,(H,25,26,28). The lowest BCUT2D eigenvalue weighted by molar-refractivity contribution is 0.102. The van der Waals surface area contributed by atoms with Gasteiger partial charge in [0, 0.05) is 22.5 Å². The molecule has 0 radical (unpaired) electrons. The van der Waals surface area contributed by atoms with E-state index in [2.05, 4.69) is 41.5 Å². The van der Waals surface area contributed by atoms with Crippen molar-refractivity contribution in [2.45, 2.75) is 39.5 Å². The molecule has 0 bridgehead atoms. The molecule has 0 unspecified atom stereocenters. The largest absolute Gasteiger partial charge is 0.298 e. The number of carbonyl (C=O) groups is 1. The van der Waals surface area contributed by atoms with E-state index in [0.717, 1.165) is 47.4 Å². The zero-order chi connectivity index (χ0) is 22.9. The molecule has 32 heavy (non-hydrogen) atoms. The van der Waals surface area contributed by atoms with Crippen LogP contribution in [0, 0.1) is 6.92 Å². The van der Waals surface area contributed by atoms with Crippen LogP contribution in [-0.4, -0.2) is 32.1 Å². The average Bonchev–Trinajstić information content (AvgIpc) is 3.12. The maximum absolute atomic E-state index is 12.9. The molecule has 0 spiro atoms. The van der Waals surface area contributed by atoms with E-state index in [4.69, 9.17) is 0 Å². The molecular formula is C24H27N3O3S2. The van der Waals surface area contributed by atoms with Gasteiger partial charge in [-0.25, -0.2) is 13.4 Å². The highest BCUT2D eigenvalue weighted by molar-refractivity contribution is 7.92. The Labute approximate surface area is 193 Å². The van der Waals surface area contributed by atoms with Gasteiger partial charge in [-0.1, -0.05) is 37.6 Å². The lowest BCUT2D eigenvalue weighted by Crippen LogP contribution is -2.34. The summed E-state index contributed by atoms with van der Waals surface area (Å²) in [5.41, 5.74) is 5.25. The van der Waals surface area contributed by atoms with Crippen LogP contribution in [0.4, 0.5) is 10.8 Å². The Kier molecular flexibility index (Phi) is 6.35. The van der Waals surface area contributed by atoms with Gasteiger partial charge >= 0.3 is 0 Å². The van der Waals surface area contributed by atoms with Crippen molar-refractivity contribution in [2.24, 2.45) is 0 Å². The summed E-state index contributed by atoms with van der Waals surface area (Å²) in [6, 6.07) is 13.6. The summed E-state index contributed by atoms with van der Waals surface area (Å²) in [4.78, 5) is 18.6. The first-order valence-electron chi connectivity index (χ1n) is 10.7. The van der Waals surface area contributed by atoms with Crippen molar-refractivity contribution in [1.29, 1.82) is 0 Å². The Hall–Kier alpha value is -2.71. The number of nitrogens with zero attached hydrogens (tertiary/aromatic N) is 2. The van der Waals surface area contributed by atoms with Gasteiger partial charge in [-0.2, -0.15) is 0 Å². The number of fused-ring (bicyclic) bond motifs is 1. The number of amides is 1. The monoisotopic (exact) mass is 469 g/mol. The maximum Gasteiger partial charge on any atom is 0.257 e. The molecule has 3 aromatic rings. The van der Waals surface area contributed by atoms with Gasteiger partial charge in [0.25, 0.3) is 5.91 Å².